The van der Waals surface area contributed by atoms with E-state index in [0.29, 0.717) is 13.1 Å². The molecule has 0 saturated heterocycles. The summed E-state index contributed by atoms with van der Waals surface area (Å²) in [6.45, 7) is 0.818. The quantitative estimate of drug-likeness (QED) is 0.803. The van der Waals surface area contributed by atoms with Crippen LogP contribution < -0.4 is 5.32 Å². The van der Waals surface area contributed by atoms with Gasteiger partial charge >= 0.3 is 0 Å². The van der Waals surface area contributed by atoms with Gasteiger partial charge in [-0.15, -0.1) is 0 Å². The molecule has 5 nitrogen and oxygen atoms in total. The fourth-order valence-corrected chi connectivity index (χ4v) is 2.52. The van der Waals surface area contributed by atoms with Gasteiger partial charge in [-0.3, -0.25) is 4.79 Å². The van der Waals surface area contributed by atoms with E-state index in [1.165, 1.54) is 0 Å². The molecule has 0 aliphatic heterocycles. The lowest BCUT2D eigenvalue weighted by Gasteiger charge is -2.21. The molecule has 5 heteroatoms. The first kappa shape index (κ1) is 18.0. The van der Waals surface area contributed by atoms with Crippen LogP contribution in [0, 0.1) is 22.7 Å². The van der Waals surface area contributed by atoms with Gasteiger partial charge in [0.15, 0.2) is 0 Å². The molecule has 2 aromatic rings. The number of hydrogen-bond donors (Lipinski definition) is 1. The normalized spacial score (nSPS) is 9.68. The van der Waals surface area contributed by atoms with Crippen LogP contribution in [0.4, 0.5) is 5.69 Å². The third-order valence-corrected chi connectivity index (χ3v) is 3.78. The van der Waals surface area contributed by atoms with Crippen LogP contribution in [0.3, 0.4) is 0 Å². The molecule has 0 bridgehead atoms. The average Bonchev–Trinajstić information content (AvgIpc) is 2.67. The Labute approximate surface area is 148 Å². The number of hydrogen-bond acceptors (Lipinski definition) is 4. The highest BCUT2D eigenvalue weighted by Crippen LogP contribution is 2.27. The average molecular weight is 332 g/mol. The first-order chi connectivity index (χ1) is 12.3. The topological polar surface area (TPSA) is 79.9 Å². The zero-order chi connectivity index (χ0) is 17.9. The molecule has 2 aromatic carbocycles. The molecular formula is C20H20N4O. The van der Waals surface area contributed by atoms with Crippen LogP contribution in [0.25, 0.3) is 11.1 Å². The van der Waals surface area contributed by atoms with Gasteiger partial charge in [0.2, 0.25) is 5.91 Å². The van der Waals surface area contributed by atoms with Crippen molar-refractivity contribution in [2.45, 2.75) is 12.8 Å². The molecular weight excluding hydrogens is 312 g/mol. The fraction of sp³-hybridized carbons (Fsp3) is 0.250. The predicted octanol–water partition coefficient (Wildman–Crippen LogP) is 3.42. The van der Waals surface area contributed by atoms with Gasteiger partial charge in [-0.2, -0.15) is 10.5 Å². The van der Waals surface area contributed by atoms with Crippen LogP contribution in [-0.2, 0) is 4.79 Å². The van der Waals surface area contributed by atoms with Crippen molar-refractivity contribution in [3.05, 3.63) is 54.6 Å². The van der Waals surface area contributed by atoms with Crippen molar-refractivity contribution < 1.29 is 4.79 Å². The SMILES string of the molecule is N#CCCN(CCC#N)C(=O)CNc1ccccc1-c1ccccc1. The van der Waals surface area contributed by atoms with E-state index in [1.807, 2.05) is 66.7 Å². The first-order valence-electron chi connectivity index (χ1n) is 8.16. The maximum atomic E-state index is 12.4. The first-order valence-corrected chi connectivity index (χ1v) is 8.16. The van der Waals surface area contributed by atoms with Crippen LogP contribution in [0.2, 0.25) is 0 Å². The molecule has 0 heterocycles. The lowest BCUT2D eigenvalue weighted by molar-refractivity contribution is -0.129. The van der Waals surface area contributed by atoms with Gasteiger partial charge < -0.3 is 10.2 Å². The Morgan fingerprint density at radius 3 is 2.16 bits per heavy atom. The summed E-state index contributed by atoms with van der Waals surface area (Å²) >= 11 is 0. The van der Waals surface area contributed by atoms with E-state index in [1.54, 1.807) is 4.90 Å². The number of nitrogens with one attached hydrogen (secondary N) is 1. The number of amides is 1. The second-order valence-electron chi connectivity index (χ2n) is 5.46. The molecule has 0 aromatic heterocycles. The predicted molar refractivity (Wildman–Crippen MR) is 97.4 cm³/mol. The van der Waals surface area contributed by atoms with E-state index in [4.69, 9.17) is 10.5 Å². The highest BCUT2D eigenvalue weighted by molar-refractivity contribution is 5.84. The van der Waals surface area contributed by atoms with E-state index in [-0.39, 0.29) is 25.3 Å². The number of anilines is 1. The second-order valence-corrected chi connectivity index (χ2v) is 5.46. The van der Waals surface area contributed by atoms with E-state index in [9.17, 15) is 4.79 Å². The Bertz CT molecular complexity index is 756. The van der Waals surface area contributed by atoms with E-state index in [2.05, 4.69) is 5.32 Å². The Morgan fingerprint density at radius 1 is 0.920 bits per heavy atom. The number of benzene rings is 2. The van der Waals surface area contributed by atoms with Gasteiger partial charge in [0.25, 0.3) is 0 Å². The van der Waals surface area contributed by atoms with Crippen LogP contribution in [0.15, 0.2) is 54.6 Å². The van der Waals surface area contributed by atoms with Gasteiger partial charge in [-0.25, -0.2) is 0 Å². The van der Waals surface area contributed by atoms with Gasteiger partial charge in [-0.05, 0) is 11.6 Å². The summed E-state index contributed by atoms with van der Waals surface area (Å²) in [4.78, 5) is 14.0. The van der Waals surface area contributed by atoms with E-state index < -0.39 is 0 Å². The zero-order valence-corrected chi connectivity index (χ0v) is 14.0. The van der Waals surface area contributed by atoms with Crippen molar-refractivity contribution in [3.8, 4) is 23.3 Å². The number of carbonyl (C=O) groups excluding carboxylic acids is 1. The number of nitrogens with zero attached hydrogens (tertiary/aromatic N) is 3. The van der Waals surface area contributed by atoms with Crippen molar-refractivity contribution in [3.63, 3.8) is 0 Å². The maximum absolute atomic E-state index is 12.4. The highest BCUT2D eigenvalue weighted by atomic mass is 16.2. The number of carbonyl (C=O) groups is 1. The highest BCUT2D eigenvalue weighted by Gasteiger charge is 2.13. The molecule has 0 radical (unpaired) electrons. The van der Waals surface area contributed by atoms with Crippen LogP contribution in [0.1, 0.15) is 12.8 Å². The van der Waals surface area contributed by atoms with Crippen molar-refractivity contribution in [1.29, 1.82) is 10.5 Å². The summed E-state index contributed by atoms with van der Waals surface area (Å²) < 4.78 is 0. The van der Waals surface area contributed by atoms with E-state index >= 15 is 0 Å². The Kier molecular flexibility index (Phi) is 7.03. The van der Waals surface area contributed by atoms with Crippen molar-refractivity contribution in [2.75, 3.05) is 25.0 Å². The van der Waals surface area contributed by atoms with Crippen molar-refractivity contribution >= 4 is 11.6 Å². The molecule has 0 aliphatic rings. The Morgan fingerprint density at radius 2 is 1.52 bits per heavy atom. The lowest BCUT2D eigenvalue weighted by atomic mass is 10.0. The maximum Gasteiger partial charge on any atom is 0.241 e. The summed E-state index contributed by atoms with van der Waals surface area (Å²) in [5.41, 5.74) is 2.97. The zero-order valence-electron chi connectivity index (χ0n) is 14.0. The third kappa shape index (κ3) is 5.37. The summed E-state index contributed by atoms with van der Waals surface area (Å²) in [5.74, 6) is -0.117. The summed E-state index contributed by atoms with van der Waals surface area (Å²) in [7, 11) is 0. The monoisotopic (exact) mass is 332 g/mol. The standard InChI is InChI=1S/C20H20N4O/c21-12-6-14-24(15-7-13-22)20(25)16-23-19-11-5-4-10-18(19)17-8-2-1-3-9-17/h1-5,8-11,23H,6-7,14-16H2. The van der Waals surface area contributed by atoms with Crippen LogP contribution in [-0.4, -0.2) is 30.4 Å². The van der Waals surface area contributed by atoms with Crippen LogP contribution >= 0.6 is 0 Å². The minimum absolute atomic E-state index is 0.117. The lowest BCUT2D eigenvalue weighted by Crippen LogP contribution is -2.37. The summed E-state index contributed by atoms with van der Waals surface area (Å²) in [6.07, 6.45) is 0.523. The summed E-state index contributed by atoms with van der Waals surface area (Å²) in [6, 6.07) is 21.9. The largest absolute Gasteiger partial charge is 0.376 e. The molecule has 126 valence electrons. The second kappa shape index (κ2) is 9.75. The molecule has 25 heavy (non-hydrogen) atoms. The van der Waals surface area contributed by atoms with Crippen molar-refractivity contribution in [1.82, 2.24) is 4.90 Å². The molecule has 1 N–H and O–H groups in total. The van der Waals surface area contributed by atoms with Crippen molar-refractivity contribution in [2.24, 2.45) is 0 Å². The number of rotatable bonds is 8. The van der Waals surface area contributed by atoms with E-state index in [0.717, 1.165) is 16.8 Å². The van der Waals surface area contributed by atoms with Gasteiger partial charge in [-0.1, -0.05) is 48.5 Å². The van der Waals surface area contributed by atoms with Gasteiger partial charge in [0.05, 0.1) is 31.5 Å². The molecule has 0 unspecified atom stereocenters. The van der Waals surface area contributed by atoms with Gasteiger partial charge in [0.1, 0.15) is 0 Å². The smallest absolute Gasteiger partial charge is 0.241 e. The summed E-state index contributed by atoms with van der Waals surface area (Å²) in [5, 5.41) is 20.6. The third-order valence-electron chi connectivity index (χ3n) is 3.78. The Hall–Kier alpha value is -3.31. The molecule has 0 atom stereocenters. The number of nitriles is 2. The molecule has 2 rings (SSSR count). The molecule has 0 aliphatic carbocycles. The fourth-order valence-electron chi connectivity index (χ4n) is 2.52. The molecule has 0 saturated carbocycles. The minimum Gasteiger partial charge on any atom is -0.376 e. The molecule has 0 spiro atoms. The van der Waals surface area contributed by atoms with Gasteiger partial charge in [0, 0.05) is 24.3 Å². The Balaban J connectivity index is 2.06. The minimum atomic E-state index is -0.117. The number of para-hydroxylation sites is 1. The van der Waals surface area contributed by atoms with Crippen LogP contribution in [0.5, 0.6) is 0 Å². The molecule has 1 amide bonds. The molecule has 0 fully saturated rings.